The highest BCUT2D eigenvalue weighted by Crippen LogP contribution is 2.31. The van der Waals surface area contributed by atoms with Gasteiger partial charge < -0.3 is 5.73 Å². The van der Waals surface area contributed by atoms with Crippen molar-refractivity contribution < 1.29 is 0 Å². The standard InChI is InChI=1S/C16H17BrClN/c1-11-3-5-12(6-4-11)10-16(2,19)14-8-7-13(17)9-15(14)18/h3-9H,10,19H2,1-2H3. The van der Waals surface area contributed by atoms with Gasteiger partial charge in [0.2, 0.25) is 0 Å². The van der Waals surface area contributed by atoms with Gasteiger partial charge in [0, 0.05) is 15.0 Å². The number of hydrogen-bond donors (Lipinski definition) is 1. The summed E-state index contributed by atoms with van der Waals surface area (Å²) in [6.07, 6.45) is 0.759. The summed E-state index contributed by atoms with van der Waals surface area (Å²) in [4.78, 5) is 0. The Kier molecular flexibility index (Phi) is 4.34. The zero-order valence-corrected chi connectivity index (χ0v) is 13.4. The smallest absolute Gasteiger partial charge is 0.0467 e. The molecule has 0 saturated carbocycles. The molecule has 0 radical (unpaired) electrons. The second-order valence-corrected chi connectivity index (χ2v) is 6.53. The first-order valence-electron chi connectivity index (χ1n) is 6.18. The summed E-state index contributed by atoms with van der Waals surface area (Å²) in [7, 11) is 0. The monoisotopic (exact) mass is 337 g/mol. The molecule has 100 valence electrons. The fourth-order valence-electron chi connectivity index (χ4n) is 2.18. The fourth-order valence-corrected chi connectivity index (χ4v) is 3.07. The van der Waals surface area contributed by atoms with Crippen LogP contribution in [0.15, 0.2) is 46.9 Å². The summed E-state index contributed by atoms with van der Waals surface area (Å²) in [5.41, 5.74) is 9.42. The van der Waals surface area contributed by atoms with Gasteiger partial charge in [-0.15, -0.1) is 0 Å². The molecule has 19 heavy (non-hydrogen) atoms. The maximum Gasteiger partial charge on any atom is 0.0467 e. The molecule has 0 aliphatic heterocycles. The zero-order valence-electron chi connectivity index (χ0n) is 11.1. The summed E-state index contributed by atoms with van der Waals surface area (Å²) in [5.74, 6) is 0. The van der Waals surface area contributed by atoms with Crippen LogP contribution in [0, 0.1) is 6.92 Å². The maximum atomic E-state index is 6.46. The van der Waals surface area contributed by atoms with Crippen LogP contribution < -0.4 is 5.73 Å². The Hall–Kier alpha value is -0.830. The molecule has 0 aliphatic rings. The van der Waals surface area contributed by atoms with E-state index in [1.165, 1.54) is 11.1 Å². The van der Waals surface area contributed by atoms with Crippen molar-refractivity contribution in [1.82, 2.24) is 0 Å². The van der Waals surface area contributed by atoms with E-state index in [0.717, 1.165) is 16.5 Å². The van der Waals surface area contributed by atoms with Gasteiger partial charge in [-0.25, -0.2) is 0 Å². The molecule has 1 nitrogen and oxygen atoms in total. The average Bonchev–Trinajstić information content (AvgIpc) is 2.31. The lowest BCUT2D eigenvalue weighted by atomic mass is 9.86. The minimum absolute atomic E-state index is 0.479. The maximum absolute atomic E-state index is 6.46. The van der Waals surface area contributed by atoms with Gasteiger partial charge in [-0.05, 0) is 43.5 Å². The molecule has 0 heterocycles. The molecule has 2 N–H and O–H groups in total. The molecule has 0 fully saturated rings. The molecule has 2 aromatic rings. The minimum atomic E-state index is -0.479. The molecule has 3 heteroatoms. The minimum Gasteiger partial charge on any atom is -0.321 e. The van der Waals surface area contributed by atoms with Crippen molar-refractivity contribution in [2.45, 2.75) is 25.8 Å². The van der Waals surface area contributed by atoms with E-state index in [1.54, 1.807) is 0 Å². The Morgan fingerprint density at radius 1 is 1.16 bits per heavy atom. The fraction of sp³-hybridized carbons (Fsp3) is 0.250. The second kappa shape index (κ2) is 5.66. The molecule has 0 spiro atoms. The first-order chi connectivity index (χ1) is 8.88. The summed E-state index contributed by atoms with van der Waals surface area (Å²) in [6, 6.07) is 14.3. The number of benzene rings is 2. The van der Waals surface area contributed by atoms with Crippen molar-refractivity contribution in [1.29, 1.82) is 0 Å². The number of halogens is 2. The Morgan fingerprint density at radius 3 is 2.37 bits per heavy atom. The second-order valence-electron chi connectivity index (χ2n) is 5.20. The van der Waals surface area contributed by atoms with E-state index >= 15 is 0 Å². The molecule has 1 unspecified atom stereocenters. The lowest BCUT2D eigenvalue weighted by molar-refractivity contribution is 0.491. The molecule has 0 aromatic heterocycles. The van der Waals surface area contributed by atoms with Crippen molar-refractivity contribution in [2.24, 2.45) is 5.73 Å². The molecule has 0 bridgehead atoms. The van der Waals surface area contributed by atoms with Gasteiger partial charge in [-0.3, -0.25) is 0 Å². The highest BCUT2D eigenvalue weighted by Gasteiger charge is 2.24. The van der Waals surface area contributed by atoms with E-state index in [1.807, 2.05) is 25.1 Å². The number of hydrogen-bond acceptors (Lipinski definition) is 1. The van der Waals surface area contributed by atoms with Crippen LogP contribution in [0.5, 0.6) is 0 Å². The van der Waals surface area contributed by atoms with Gasteiger partial charge in [-0.2, -0.15) is 0 Å². The summed E-state index contributed by atoms with van der Waals surface area (Å²) in [5, 5.41) is 0.700. The van der Waals surface area contributed by atoms with E-state index in [0.29, 0.717) is 5.02 Å². The molecule has 2 aromatic carbocycles. The molecule has 0 aliphatic carbocycles. The predicted octanol–water partition coefficient (Wildman–Crippen LogP) is 4.83. The summed E-state index contributed by atoms with van der Waals surface area (Å²) >= 11 is 9.71. The van der Waals surface area contributed by atoms with Crippen LogP contribution in [-0.4, -0.2) is 0 Å². The summed E-state index contributed by atoms with van der Waals surface area (Å²) in [6.45, 7) is 4.10. The normalized spacial score (nSPS) is 14.2. The van der Waals surface area contributed by atoms with Crippen LogP contribution in [0.1, 0.15) is 23.6 Å². The van der Waals surface area contributed by atoms with Crippen molar-refractivity contribution >= 4 is 27.5 Å². The third-order valence-electron chi connectivity index (χ3n) is 3.24. The largest absolute Gasteiger partial charge is 0.321 e. The van der Waals surface area contributed by atoms with Crippen LogP contribution in [0.4, 0.5) is 0 Å². The van der Waals surface area contributed by atoms with Crippen LogP contribution in [-0.2, 0) is 12.0 Å². The number of aryl methyl sites for hydroxylation is 1. The molecular weight excluding hydrogens is 322 g/mol. The van der Waals surface area contributed by atoms with Crippen molar-refractivity contribution in [2.75, 3.05) is 0 Å². The predicted molar refractivity (Wildman–Crippen MR) is 85.6 cm³/mol. The Labute approximate surface area is 127 Å². The van der Waals surface area contributed by atoms with Crippen LogP contribution in [0.2, 0.25) is 5.02 Å². The molecule has 2 rings (SSSR count). The van der Waals surface area contributed by atoms with Crippen LogP contribution >= 0.6 is 27.5 Å². The van der Waals surface area contributed by atoms with Crippen molar-refractivity contribution in [3.05, 3.63) is 68.7 Å². The van der Waals surface area contributed by atoms with Crippen molar-refractivity contribution in [3.63, 3.8) is 0 Å². The van der Waals surface area contributed by atoms with Gasteiger partial charge in [0.1, 0.15) is 0 Å². The van der Waals surface area contributed by atoms with Crippen molar-refractivity contribution in [3.8, 4) is 0 Å². The third-order valence-corrected chi connectivity index (χ3v) is 4.04. The van der Waals surface area contributed by atoms with Gasteiger partial charge in [0.05, 0.1) is 0 Å². The van der Waals surface area contributed by atoms with Gasteiger partial charge in [-0.1, -0.05) is 63.4 Å². The van der Waals surface area contributed by atoms with E-state index in [9.17, 15) is 0 Å². The summed E-state index contributed by atoms with van der Waals surface area (Å²) < 4.78 is 0.965. The zero-order chi connectivity index (χ0) is 14.0. The van der Waals surface area contributed by atoms with Gasteiger partial charge >= 0.3 is 0 Å². The topological polar surface area (TPSA) is 26.0 Å². The number of rotatable bonds is 3. The van der Waals surface area contributed by atoms with E-state index in [2.05, 4.69) is 47.1 Å². The van der Waals surface area contributed by atoms with Crippen LogP contribution in [0.25, 0.3) is 0 Å². The lowest BCUT2D eigenvalue weighted by Gasteiger charge is -2.26. The van der Waals surface area contributed by atoms with E-state index < -0.39 is 5.54 Å². The average molecular weight is 339 g/mol. The molecular formula is C16H17BrClN. The quantitative estimate of drug-likeness (QED) is 0.852. The Balaban J connectivity index is 2.29. The highest BCUT2D eigenvalue weighted by atomic mass is 79.9. The van der Waals surface area contributed by atoms with E-state index in [4.69, 9.17) is 17.3 Å². The van der Waals surface area contributed by atoms with Gasteiger partial charge in [0.25, 0.3) is 0 Å². The van der Waals surface area contributed by atoms with Gasteiger partial charge in [0.15, 0.2) is 0 Å². The Morgan fingerprint density at radius 2 is 1.79 bits per heavy atom. The van der Waals surface area contributed by atoms with Crippen LogP contribution in [0.3, 0.4) is 0 Å². The lowest BCUT2D eigenvalue weighted by Crippen LogP contribution is -2.35. The number of nitrogens with two attached hydrogens (primary N) is 1. The first kappa shape index (κ1) is 14.6. The molecule has 1 atom stereocenters. The molecule has 0 amide bonds. The first-order valence-corrected chi connectivity index (χ1v) is 7.35. The Bertz CT molecular complexity index is 576. The third kappa shape index (κ3) is 3.59. The van der Waals surface area contributed by atoms with E-state index in [-0.39, 0.29) is 0 Å². The molecule has 0 saturated heterocycles. The SMILES string of the molecule is Cc1ccc(CC(C)(N)c2ccc(Br)cc2Cl)cc1. The highest BCUT2D eigenvalue weighted by molar-refractivity contribution is 9.10.